The SMILES string of the molecule is CCCCC1CCC(C(N)Cc2sccc2Br)CC1. The van der Waals surface area contributed by atoms with Gasteiger partial charge < -0.3 is 5.73 Å². The summed E-state index contributed by atoms with van der Waals surface area (Å²) in [5, 5.41) is 2.15. The Morgan fingerprint density at radius 2 is 2.11 bits per heavy atom. The maximum absolute atomic E-state index is 6.44. The van der Waals surface area contributed by atoms with Gasteiger partial charge in [0.25, 0.3) is 0 Å². The summed E-state index contributed by atoms with van der Waals surface area (Å²) in [5.74, 6) is 1.73. The van der Waals surface area contributed by atoms with Crippen LogP contribution >= 0.6 is 27.3 Å². The molecule has 0 radical (unpaired) electrons. The lowest BCUT2D eigenvalue weighted by Crippen LogP contribution is -2.34. The number of hydrogen-bond donors (Lipinski definition) is 1. The number of rotatable bonds is 6. The molecule has 0 aromatic carbocycles. The molecule has 1 aliphatic rings. The van der Waals surface area contributed by atoms with Crippen LogP contribution in [0.2, 0.25) is 0 Å². The molecule has 1 atom stereocenters. The molecule has 0 bridgehead atoms. The fourth-order valence-corrected chi connectivity index (χ4v) is 4.84. The van der Waals surface area contributed by atoms with E-state index in [9.17, 15) is 0 Å². The first kappa shape index (κ1) is 15.5. The molecule has 108 valence electrons. The third kappa shape index (κ3) is 4.57. The van der Waals surface area contributed by atoms with E-state index in [2.05, 4.69) is 34.3 Å². The maximum Gasteiger partial charge on any atom is 0.0314 e. The van der Waals surface area contributed by atoms with Crippen molar-refractivity contribution >= 4 is 27.3 Å². The average Bonchev–Trinajstić information content (AvgIpc) is 2.82. The summed E-state index contributed by atoms with van der Waals surface area (Å²) in [4.78, 5) is 1.42. The predicted octanol–water partition coefficient (Wildman–Crippen LogP) is 5.38. The van der Waals surface area contributed by atoms with Crippen molar-refractivity contribution in [2.24, 2.45) is 17.6 Å². The Kier molecular flexibility index (Phi) is 6.37. The minimum absolute atomic E-state index is 0.349. The molecule has 19 heavy (non-hydrogen) atoms. The third-order valence-corrected chi connectivity index (χ3v) is 6.52. The molecule has 0 spiro atoms. The van der Waals surface area contributed by atoms with Crippen LogP contribution in [0.25, 0.3) is 0 Å². The fraction of sp³-hybridized carbons (Fsp3) is 0.750. The van der Waals surface area contributed by atoms with Gasteiger partial charge >= 0.3 is 0 Å². The summed E-state index contributed by atoms with van der Waals surface area (Å²) in [6, 6.07) is 2.48. The van der Waals surface area contributed by atoms with Gasteiger partial charge in [0.1, 0.15) is 0 Å². The quantitative estimate of drug-likeness (QED) is 0.737. The van der Waals surface area contributed by atoms with Gasteiger partial charge in [0, 0.05) is 15.4 Å². The molecule has 2 N–H and O–H groups in total. The molecule has 1 nitrogen and oxygen atoms in total. The molecule has 1 aromatic heterocycles. The van der Waals surface area contributed by atoms with Crippen LogP contribution < -0.4 is 5.73 Å². The largest absolute Gasteiger partial charge is 0.327 e. The zero-order valence-electron chi connectivity index (χ0n) is 11.9. The summed E-state index contributed by atoms with van der Waals surface area (Å²) in [6.45, 7) is 2.29. The number of unbranched alkanes of at least 4 members (excludes halogenated alkanes) is 1. The molecule has 1 fully saturated rings. The normalized spacial score (nSPS) is 25.4. The summed E-state index contributed by atoms with van der Waals surface area (Å²) in [5.41, 5.74) is 6.44. The predicted molar refractivity (Wildman–Crippen MR) is 88.7 cm³/mol. The Morgan fingerprint density at radius 1 is 1.37 bits per heavy atom. The lowest BCUT2D eigenvalue weighted by atomic mass is 9.76. The molecule has 1 aromatic rings. The van der Waals surface area contributed by atoms with Crippen LogP contribution in [0.3, 0.4) is 0 Å². The Balaban J connectivity index is 1.76. The standard InChI is InChI=1S/C16H26BrNS/c1-2-3-4-12-5-7-13(8-6-12)15(18)11-16-14(17)9-10-19-16/h9-10,12-13,15H,2-8,11,18H2,1H3. The van der Waals surface area contributed by atoms with Crippen molar-refractivity contribution in [3.05, 3.63) is 20.8 Å². The van der Waals surface area contributed by atoms with E-state index in [0.717, 1.165) is 18.3 Å². The van der Waals surface area contributed by atoms with Crippen LogP contribution in [0, 0.1) is 11.8 Å². The first-order valence-corrected chi connectivity index (χ1v) is 9.35. The van der Waals surface area contributed by atoms with Gasteiger partial charge in [0.15, 0.2) is 0 Å². The molecule has 1 heterocycles. The second-order valence-electron chi connectivity index (χ2n) is 5.98. The van der Waals surface area contributed by atoms with Gasteiger partial charge in [0.05, 0.1) is 0 Å². The van der Waals surface area contributed by atoms with E-state index in [4.69, 9.17) is 5.73 Å². The fourth-order valence-electron chi connectivity index (χ4n) is 3.25. The van der Waals surface area contributed by atoms with Crippen LogP contribution in [0.15, 0.2) is 15.9 Å². The molecule has 0 amide bonds. The van der Waals surface area contributed by atoms with Crippen LogP contribution in [-0.4, -0.2) is 6.04 Å². The Bertz CT molecular complexity index is 369. The lowest BCUT2D eigenvalue weighted by Gasteiger charge is -2.32. The Labute approximate surface area is 130 Å². The van der Waals surface area contributed by atoms with E-state index < -0.39 is 0 Å². The first-order valence-electron chi connectivity index (χ1n) is 7.68. The van der Waals surface area contributed by atoms with Crippen LogP contribution in [0.4, 0.5) is 0 Å². The van der Waals surface area contributed by atoms with Gasteiger partial charge in [-0.2, -0.15) is 0 Å². The van der Waals surface area contributed by atoms with E-state index in [0.29, 0.717) is 6.04 Å². The van der Waals surface area contributed by atoms with Crippen molar-refractivity contribution in [3.63, 3.8) is 0 Å². The van der Waals surface area contributed by atoms with Crippen molar-refractivity contribution < 1.29 is 0 Å². The zero-order valence-corrected chi connectivity index (χ0v) is 14.3. The van der Waals surface area contributed by atoms with Gasteiger partial charge in [-0.3, -0.25) is 0 Å². The average molecular weight is 344 g/mol. The highest BCUT2D eigenvalue weighted by Gasteiger charge is 2.25. The highest BCUT2D eigenvalue weighted by molar-refractivity contribution is 9.10. The zero-order chi connectivity index (χ0) is 13.7. The first-order chi connectivity index (χ1) is 9.20. The summed E-state index contributed by atoms with van der Waals surface area (Å²) >= 11 is 5.44. The highest BCUT2D eigenvalue weighted by Crippen LogP contribution is 2.35. The molecule has 1 saturated carbocycles. The van der Waals surface area contributed by atoms with Gasteiger partial charge in [-0.1, -0.05) is 39.0 Å². The van der Waals surface area contributed by atoms with Crippen LogP contribution in [0.5, 0.6) is 0 Å². The topological polar surface area (TPSA) is 26.0 Å². The highest BCUT2D eigenvalue weighted by atomic mass is 79.9. The lowest BCUT2D eigenvalue weighted by molar-refractivity contribution is 0.231. The number of nitrogens with two attached hydrogens (primary N) is 1. The minimum atomic E-state index is 0.349. The van der Waals surface area contributed by atoms with E-state index >= 15 is 0 Å². The van der Waals surface area contributed by atoms with Crippen molar-refractivity contribution in [2.75, 3.05) is 0 Å². The summed E-state index contributed by atoms with van der Waals surface area (Å²) in [6.07, 6.45) is 10.7. The summed E-state index contributed by atoms with van der Waals surface area (Å²) in [7, 11) is 0. The van der Waals surface area contributed by atoms with Gasteiger partial charge in [-0.15, -0.1) is 11.3 Å². The van der Waals surface area contributed by atoms with Gasteiger partial charge in [0.2, 0.25) is 0 Å². The second kappa shape index (κ2) is 7.80. The van der Waals surface area contributed by atoms with Gasteiger partial charge in [-0.05, 0) is 58.5 Å². The smallest absolute Gasteiger partial charge is 0.0314 e. The molecular weight excluding hydrogens is 318 g/mol. The Morgan fingerprint density at radius 3 is 2.68 bits per heavy atom. The number of thiophene rings is 1. The van der Waals surface area contributed by atoms with E-state index in [1.54, 1.807) is 0 Å². The van der Waals surface area contributed by atoms with Crippen LogP contribution in [0.1, 0.15) is 56.7 Å². The van der Waals surface area contributed by atoms with Gasteiger partial charge in [-0.25, -0.2) is 0 Å². The monoisotopic (exact) mass is 343 g/mol. The van der Waals surface area contributed by atoms with Crippen molar-refractivity contribution in [1.29, 1.82) is 0 Å². The van der Waals surface area contributed by atoms with Crippen molar-refractivity contribution in [1.82, 2.24) is 0 Å². The van der Waals surface area contributed by atoms with E-state index in [-0.39, 0.29) is 0 Å². The van der Waals surface area contributed by atoms with Crippen LogP contribution in [-0.2, 0) is 6.42 Å². The third-order valence-electron chi connectivity index (χ3n) is 4.57. The number of hydrogen-bond acceptors (Lipinski definition) is 2. The molecule has 3 heteroatoms. The Hall–Kier alpha value is 0.140. The molecule has 1 aliphatic carbocycles. The van der Waals surface area contributed by atoms with E-state index in [1.807, 2.05) is 11.3 Å². The molecule has 1 unspecified atom stereocenters. The van der Waals surface area contributed by atoms with E-state index in [1.165, 1.54) is 54.3 Å². The number of halogens is 1. The molecular formula is C16H26BrNS. The van der Waals surface area contributed by atoms with Crippen molar-refractivity contribution in [2.45, 2.75) is 64.3 Å². The summed E-state index contributed by atoms with van der Waals surface area (Å²) < 4.78 is 1.24. The maximum atomic E-state index is 6.44. The minimum Gasteiger partial charge on any atom is -0.327 e. The molecule has 2 rings (SSSR count). The molecule has 0 aliphatic heterocycles. The molecule has 0 saturated heterocycles. The second-order valence-corrected chi connectivity index (χ2v) is 7.84. The van der Waals surface area contributed by atoms with Crippen molar-refractivity contribution in [3.8, 4) is 0 Å².